The molecular formula is C6H5BN2O2. The third-order valence-corrected chi connectivity index (χ3v) is 1.14. The highest BCUT2D eigenvalue weighted by Gasteiger charge is 2.16. The molecule has 0 radical (unpaired) electrons. The molecule has 4 nitrogen and oxygen atoms in total. The van der Waals surface area contributed by atoms with Crippen molar-refractivity contribution >= 4 is 18.5 Å². The van der Waals surface area contributed by atoms with E-state index in [0.717, 1.165) is 0 Å². The lowest BCUT2D eigenvalue weighted by Crippen LogP contribution is -2.32. The number of rotatable bonds is 1. The van der Waals surface area contributed by atoms with E-state index in [9.17, 15) is 0 Å². The summed E-state index contributed by atoms with van der Waals surface area (Å²) in [5.41, 5.74) is 0.0958. The van der Waals surface area contributed by atoms with Gasteiger partial charge >= 0.3 is 7.12 Å². The van der Waals surface area contributed by atoms with Gasteiger partial charge in [-0.2, -0.15) is 0 Å². The van der Waals surface area contributed by atoms with Crippen molar-refractivity contribution in [2.75, 3.05) is 0 Å². The molecule has 1 aromatic rings. The molecule has 0 aliphatic heterocycles. The average molecular weight is 148 g/mol. The van der Waals surface area contributed by atoms with Crippen LogP contribution in [-0.2, 0) is 0 Å². The fraction of sp³-hybridized carbons (Fsp3) is 0. The minimum absolute atomic E-state index is 0.0958. The topological polar surface area (TPSA) is 57.7 Å². The highest BCUT2D eigenvalue weighted by molar-refractivity contribution is 6.57. The monoisotopic (exact) mass is 148 g/mol. The van der Waals surface area contributed by atoms with E-state index in [1.807, 2.05) is 0 Å². The van der Waals surface area contributed by atoms with Crippen LogP contribution in [0.1, 0.15) is 0 Å². The predicted molar refractivity (Wildman–Crippen MR) is 40.3 cm³/mol. The Morgan fingerprint density at radius 2 is 2.18 bits per heavy atom. The molecule has 0 saturated heterocycles. The molecule has 1 rings (SSSR count). The van der Waals surface area contributed by atoms with Crippen LogP contribution in [0, 0.1) is 6.57 Å². The van der Waals surface area contributed by atoms with Crippen molar-refractivity contribution in [2.24, 2.45) is 0 Å². The minimum atomic E-state index is -1.60. The van der Waals surface area contributed by atoms with E-state index < -0.39 is 7.12 Å². The molecule has 0 saturated carbocycles. The quantitative estimate of drug-likeness (QED) is 0.409. The van der Waals surface area contributed by atoms with Crippen molar-refractivity contribution in [1.82, 2.24) is 4.98 Å². The summed E-state index contributed by atoms with van der Waals surface area (Å²) in [5.74, 6) is 0.163. The fourth-order valence-electron chi connectivity index (χ4n) is 0.646. The first-order chi connectivity index (χ1) is 5.24. The molecule has 0 aromatic carbocycles. The molecule has 0 atom stereocenters. The van der Waals surface area contributed by atoms with E-state index in [0.29, 0.717) is 0 Å². The molecule has 0 fully saturated rings. The van der Waals surface area contributed by atoms with Crippen LogP contribution in [0.3, 0.4) is 0 Å². The van der Waals surface area contributed by atoms with Crippen LogP contribution < -0.4 is 5.59 Å². The summed E-state index contributed by atoms with van der Waals surface area (Å²) in [5, 5.41) is 17.3. The maximum absolute atomic E-state index is 8.63. The molecule has 0 aliphatic rings. The molecular weight excluding hydrogens is 143 g/mol. The van der Waals surface area contributed by atoms with Gasteiger partial charge in [-0.1, -0.05) is 12.6 Å². The normalized spacial score (nSPS) is 8.82. The van der Waals surface area contributed by atoms with Crippen LogP contribution in [0.2, 0.25) is 0 Å². The SMILES string of the molecule is [C-]#[N+]c1cccc(B(O)O)n1. The predicted octanol–water partition coefficient (Wildman–Crippen LogP) is -0.688. The van der Waals surface area contributed by atoms with Crippen LogP contribution in [0.5, 0.6) is 0 Å². The number of nitrogens with zero attached hydrogens (tertiary/aromatic N) is 2. The van der Waals surface area contributed by atoms with Gasteiger partial charge in [-0.15, -0.1) is 4.98 Å². The summed E-state index contributed by atoms with van der Waals surface area (Å²) in [6.45, 7) is 6.58. The molecule has 11 heavy (non-hydrogen) atoms. The van der Waals surface area contributed by atoms with Gasteiger partial charge in [0.15, 0.2) is 5.59 Å². The van der Waals surface area contributed by atoms with E-state index in [1.165, 1.54) is 12.1 Å². The van der Waals surface area contributed by atoms with E-state index >= 15 is 0 Å². The van der Waals surface area contributed by atoms with Crippen molar-refractivity contribution in [3.05, 3.63) is 29.6 Å². The van der Waals surface area contributed by atoms with Crippen molar-refractivity contribution in [2.45, 2.75) is 0 Å². The summed E-state index contributed by atoms with van der Waals surface area (Å²) in [7, 11) is -1.60. The molecule has 5 heteroatoms. The molecule has 0 spiro atoms. The lowest BCUT2D eigenvalue weighted by molar-refractivity contribution is 0.424. The summed E-state index contributed by atoms with van der Waals surface area (Å²) in [6, 6.07) is 4.49. The third-order valence-electron chi connectivity index (χ3n) is 1.14. The first-order valence-corrected chi connectivity index (χ1v) is 2.94. The summed E-state index contributed by atoms with van der Waals surface area (Å²) >= 11 is 0. The molecule has 1 aromatic heterocycles. The van der Waals surface area contributed by atoms with Crippen LogP contribution in [-0.4, -0.2) is 22.2 Å². The Kier molecular flexibility index (Phi) is 2.21. The Morgan fingerprint density at radius 1 is 1.45 bits per heavy atom. The largest absolute Gasteiger partial charge is 0.533 e. The highest BCUT2D eigenvalue weighted by Crippen LogP contribution is 2.01. The van der Waals surface area contributed by atoms with Crippen LogP contribution in [0.25, 0.3) is 4.85 Å². The van der Waals surface area contributed by atoms with Gasteiger partial charge in [0.1, 0.15) is 0 Å². The highest BCUT2D eigenvalue weighted by atomic mass is 16.4. The zero-order chi connectivity index (χ0) is 8.27. The van der Waals surface area contributed by atoms with Crippen molar-refractivity contribution < 1.29 is 10.0 Å². The standard InChI is InChI=1S/C6H5BN2O2/c1-8-6-4-2-3-5(9-6)7(10)11/h2-4,10-11H. The number of aromatic nitrogens is 1. The second kappa shape index (κ2) is 3.15. The van der Waals surface area contributed by atoms with Gasteiger partial charge in [0, 0.05) is 0 Å². The zero-order valence-electron chi connectivity index (χ0n) is 5.60. The number of pyridine rings is 1. The van der Waals surface area contributed by atoms with Gasteiger partial charge in [0.25, 0.3) is 5.82 Å². The number of hydrogen-bond donors (Lipinski definition) is 2. The van der Waals surface area contributed by atoms with E-state index in [1.54, 1.807) is 6.07 Å². The lowest BCUT2D eigenvalue weighted by atomic mass is 9.86. The molecule has 2 N–H and O–H groups in total. The first kappa shape index (κ1) is 7.73. The first-order valence-electron chi connectivity index (χ1n) is 2.94. The van der Waals surface area contributed by atoms with Gasteiger partial charge < -0.3 is 14.9 Å². The van der Waals surface area contributed by atoms with Crippen molar-refractivity contribution in [3.8, 4) is 0 Å². The Bertz CT molecular complexity index is 295. The Hall–Kier alpha value is -1.38. The maximum Gasteiger partial charge on any atom is 0.533 e. The maximum atomic E-state index is 8.63. The molecule has 0 amide bonds. The third kappa shape index (κ3) is 1.77. The van der Waals surface area contributed by atoms with Gasteiger partial charge in [0.2, 0.25) is 0 Å². The van der Waals surface area contributed by atoms with Gasteiger partial charge in [-0.25, -0.2) is 0 Å². The van der Waals surface area contributed by atoms with Crippen molar-refractivity contribution in [3.63, 3.8) is 0 Å². The second-order valence-electron chi connectivity index (χ2n) is 1.91. The summed E-state index contributed by atoms with van der Waals surface area (Å²) < 4.78 is 0. The molecule has 54 valence electrons. The van der Waals surface area contributed by atoms with Crippen molar-refractivity contribution in [1.29, 1.82) is 0 Å². The molecule has 0 aliphatic carbocycles. The second-order valence-corrected chi connectivity index (χ2v) is 1.91. The van der Waals surface area contributed by atoms with Gasteiger partial charge in [-0.3, -0.25) is 0 Å². The molecule has 0 bridgehead atoms. The average Bonchev–Trinajstić information content (AvgIpc) is 2.05. The van der Waals surface area contributed by atoms with Gasteiger partial charge in [-0.05, 0) is 12.1 Å². The Morgan fingerprint density at radius 3 is 2.73 bits per heavy atom. The van der Waals surface area contributed by atoms with Gasteiger partial charge in [0.05, 0.1) is 0 Å². The smallest absolute Gasteiger partial charge is 0.421 e. The number of hydrogen-bond acceptors (Lipinski definition) is 3. The molecule has 0 unspecified atom stereocenters. The van der Waals surface area contributed by atoms with E-state index in [4.69, 9.17) is 16.6 Å². The zero-order valence-corrected chi connectivity index (χ0v) is 5.60. The Balaban J connectivity index is 3.03. The fourth-order valence-corrected chi connectivity index (χ4v) is 0.646. The van der Waals surface area contributed by atoms with E-state index in [2.05, 4.69) is 9.83 Å². The molecule has 1 heterocycles. The summed E-state index contributed by atoms with van der Waals surface area (Å²) in [6.07, 6.45) is 0. The Labute approximate surface area is 64.1 Å². The summed E-state index contributed by atoms with van der Waals surface area (Å²) in [4.78, 5) is 6.67. The minimum Gasteiger partial charge on any atom is -0.421 e. The lowest BCUT2D eigenvalue weighted by Gasteiger charge is -1.92. The van der Waals surface area contributed by atoms with Crippen LogP contribution >= 0.6 is 0 Å². The van der Waals surface area contributed by atoms with Crippen LogP contribution in [0.4, 0.5) is 5.82 Å². The van der Waals surface area contributed by atoms with E-state index in [-0.39, 0.29) is 11.4 Å². The van der Waals surface area contributed by atoms with Crippen LogP contribution in [0.15, 0.2) is 18.2 Å².